The Morgan fingerprint density at radius 3 is 2.44 bits per heavy atom. The number of hydrogen-bond acceptors (Lipinski definition) is 4. The first-order chi connectivity index (χ1) is 11.1. The predicted molar refractivity (Wildman–Crippen MR) is 105 cm³/mol. The average molecular weight is 393 g/mol. The molecule has 0 unspecified atom stereocenters. The largest absolute Gasteiger partial charge is 0.493 e. The van der Waals surface area contributed by atoms with E-state index < -0.39 is 0 Å². The van der Waals surface area contributed by atoms with E-state index in [1.54, 1.807) is 24.1 Å². The van der Waals surface area contributed by atoms with Gasteiger partial charge in [-0.1, -0.05) is 39.3 Å². The second kappa shape index (κ2) is 10.1. The molecule has 0 aliphatic heterocycles. The van der Waals surface area contributed by atoms with Crippen LogP contribution in [0.4, 0.5) is 0 Å². The minimum absolute atomic E-state index is 0. The number of nitrogens with zero attached hydrogens (tertiary/aromatic N) is 1. The van der Waals surface area contributed by atoms with Gasteiger partial charge in [0.25, 0.3) is 5.91 Å². The van der Waals surface area contributed by atoms with Gasteiger partial charge in [0, 0.05) is 19.2 Å². The Morgan fingerprint density at radius 1 is 1.36 bits per heavy atom. The molecule has 0 saturated carbocycles. The van der Waals surface area contributed by atoms with Crippen LogP contribution in [0.25, 0.3) is 0 Å². The molecule has 1 amide bonds. The van der Waals surface area contributed by atoms with Gasteiger partial charge in [0.2, 0.25) is 0 Å². The van der Waals surface area contributed by atoms with Crippen molar-refractivity contribution in [1.29, 1.82) is 0 Å². The number of hydrogen-bond donors (Lipinski definition) is 1. The molecule has 0 fully saturated rings. The van der Waals surface area contributed by atoms with Gasteiger partial charge in [-0.3, -0.25) is 4.79 Å². The second-order valence-corrected chi connectivity index (χ2v) is 7.63. The van der Waals surface area contributed by atoms with Crippen molar-refractivity contribution in [3.8, 4) is 11.5 Å². The van der Waals surface area contributed by atoms with Crippen molar-refractivity contribution in [3.63, 3.8) is 0 Å². The number of carbonyl (C=O) groups is 1. The number of carbonyl (C=O) groups excluding carboxylic acids is 1. The highest BCUT2D eigenvalue weighted by Gasteiger charge is 2.24. The first-order valence-corrected chi connectivity index (χ1v) is 8.45. The maximum atomic E-state index is 12.7. The number of halogens is 2. The molecule has 25 heavy (non-hydrogen) atoms. The summed E-state index contributed by atoms with van der Waals surface area (Å²) >= 11 is 6.31. The van der Waals surface area contributed by atoms with Crippen LogP contribution < -0.4 is 15.2 Å². The van der Waals surface area contributed by atoms with Gasteiger partial charge >= 0.3 is 0 Å². The fourth-order valence-electron chi connectivity index (χ4n) is 2.23. The second-order valence-electron chi connectivity index (χ2n) is 7.22. The molecule has 0 aromatic heterocycles. The molecule has 1 aromatic carbocycles. The molecule has 5 nitrogen and oxygen atoms in total. The first-order valence-electron chi connectivity index (χ1n) is 8.07. The fourth-order valence-corrected chi connectivity index (χ4v) is 2.50. The van der Waals surface area contributed by atoms with Crippen molar-refractivity contribution >= 4 is 29.9 Å². The Hall–Kier alpha value is -1.17. The molecule has 0 atom stereocenters. The summed E-state index contributed by atoms with van der Waals surface area (Å²) in [6, 6.07) is 3.28. The molecule has 0 saturated heterocycles. The van der Waals surface area contributed by atoms with Crippen LogP contribution in [0.2, 0.25) is 5.02 Å². The molecule has 0 spiro atoms. The van der Waals surface area contributed by atoms with E-state index in [0.29, 0.717) is 47.7 Å². The van der Waals surface area contributed by atoms with Gasteiger partial charge < -0.3 is 20.1 Å². The normalized spacial score (nSPS) is 11.1. The van der Waals surface area contributed by atoms with Crippen molar-refractivity contribution in [2.24, 2.45) is 17.1 Å². The number of nitrogens with two attached hydrogens (primary N) is 1. The Morgan fingerprint density at radius 2 is 1.96 bits per heavy atom. The number of rotatable bonds is 8. The maximum absolute atomic E-state index is 12.7. The smallest absolute Gasteiger partial charge is 0.253 e. The minimum Gasteiger partial charge on any atom is -0.493 e. The molecule has 0 radical (unpaired) electrons. The Balaban J connectivity index is 0.00000576. The van der Waals surface area contributed by atoms with E-state index in [2.05, 4.69) is 0 Å². The summed E-state index contributed by atoms with van der Waals surface area (Å²) in [5.74, 6) is 1.15. The topological polar surface area (TPSA) is 64.8 Å². The Kier molecular flexibility index (Phi) is 9.62. The zero-order valence-corrected chi connectivity index (χ0v) is 17.5. The zero-order chi connectivity index (χ0) is 18.5. The molecule has 0 bridgehead atoms. The molecule has 144 valence electrons. The zero-order valence-electron chi connectivity index (χ0n) is 15.9. The summed E-state index contributed by atoms with van der Waals surface area (Å²) in [6.07, 6.45) is 0. The predicted octanol–water partition coefficient (Wildman–Crippen LogP) is 3.86. The monoisotopic (exact) mass is 392 g/mol. The van der Waals surface area contributed by atoms with Crippen LogP contribution in [0.15, 0.2) is 12.1 Å². The SMILES string of the molecule is COc1cc(C(=O)N(C)CC(C)(C)CN)cc(Cl)c1OCC(C)C.Cl. The lowest BCUT2D eigenvalue weighted by atomic mass is 9.93. The van der Waals surface area contributed by atoms with Crippen LogP contribution in [-0.4, -0.2) is 44.7 Å². The lowest BCUT2D eigenvalue weighted by Gasteiger charge is -2.29. The fraction of sp³-hybridized carbons (Fsp3) is 0.611. The molecular formula is C18H30Cl2N2O3. The highest BCUT2D eigenvalue weighted by molar-refractivity contribution is 6.32. The van der Waals surface area contributed by atoms with E-state index >= 15 is 0 Å². The summed E-state index contributed by atoms with van der Waals surface area (Å²) in [5, 5.41) is 0.366. The van der Waals surface area contributed by atoms with Gasteiger partial charge in [-0.25, -0.2) is 0 Å². The van der Waals surface area contributed by atoms with Crippen LogP contribution in [-0.2, 0) is 0 Å². The molecule has 1 aromatic rings. The minimum atomic E-state index is -0.154. The standard InChI is InChI=1S/C18H29ClN2O3.ClH/c1-12(2)9-24-16-14(19)7-13(8-15(16)23-6)17(22)21(5)11-18(3,4)10-20;/h7-8,12H,9-11,20H2,1-6H3;1H. The van der Waals surface area contributed by atoms with E-state index in [4.69, 9.17) is 26.8 Å². The van der Waals surface area contributed by atoms with Crippen LogP contribution in [0.3, 0.4) is 0 Å². The average Bonchev–Trinajstić information content (AvgIpc) is 2.51. The summed E-state index contributed by atoms with van der Waals surface area (Å²) in [4.78, 5) is 14.3. The summed E-state index contributed by atoms with van der Waals surface area (Å²) in [5.41, 5.74) is 6.05. The van der Waals surface area contributed by atoms with Crippen molar-refractivity contribution < 1.29 is 14.3 Å². The summed E-state index contributed by atoms with van der Waals surface area (Å²) < 4.78 is 11.1. The van der Waals surface area contributed by atoms with Gasteiger partial charge in [0.15, 0.2) is 11.5 Å². The first kappa shape index (κ1) is 23.8. The van der Waals surface area contributed by atoms with Gasteiger partial charge in [0.1, 0.15) is 0 Å². The summed E-state index contributed by atoms with van der Waals surface area (Å²) in [7, 11) is 3.28. The third-order valence-corrected chi connectivity index (χ3v) is 3.88. The molecular weight excluding hydrogens is 363 g/mol. The van der Waals surface area contributed by atoms with Gasteiger partial charge in [-0.15, -0.1) is 12.4 Å². The van der Waals surface area contributed by atoms with Gasteiger partial charge in [-0.05, 0) is 30.0 Å². The van der Waals surface area contributed by atoms with Gasteiger partial charge in [-0.2, -0.15) is 0 Å². The quantitative estimate of drug-likeness (QED) is 0.729. The van der Waals surface area contributed by atoms with Crippen molar-refractivity contribution in [2.75, 3.05) is 33.9 Å². The van der Waals surface area contributed by atoms with E-state index in [1.807, 2.05) is 27.7 Å². The third-order valence-electron chi connectivity index (χ3n) is 3.60. The lowest BCUT2D eigenvalue weighted by Crippen LogP contribution is -2.39. The molecule has 0 aliphatic rings. The van der Waals surface area contributed by atoms with Crippen LogP contribution in [0.1, 0.15) is 38.1 Å². The molecule has 2 N–H and O–H groups in total. The van der Waals surface area contributed by atoms with E-state index in [-0.39, 0.29) is 23.7 Å². The Bertz CT molecular complexity index is 578. The summed E-state index contributed by atoms with van der Waals surface area (Å²) in [6.45, 7) is 9.71. The highest BCUT2D eigenvalue weighted by atomic mass is 35.5. The number of amides is 1. The third kappa shape index (κ3) is 6.92. The molecule has 0 heterocycles. The van der Waals surface area contributed by atoms with E-state index in [1.165, 1.54) is 7.11 Å². The van der Waals surface area contributed by atoms with E-state index in [9.17, 15) is 4.79 Å². The molecule has 1 rings (SSSR count). The van der Waals surface area contributed by atoms with Crippen LogP contribution in [0, 0.1) is 11.3 Å². The number of methoxy groups -OCH3 is 1. The maximum Gasteiger partial charge on any atom is 0.253 e. The van der Waals surface area contributed by atoms with E-state index in [0.717, 1.165) is 0 Å². The lowest BCUT2D eigenvalue weighted by molar-refractivity contribution is 0.0740. The van der Waals surface area contributed by atoms with Crippen molar-refractivity contribution in [2.45, 2.75) is 27.7 Å². The number of ether oxygens (including phenoxy) is 2. The Labute approximate surface area is 162 Å². The molecule has 7 heteroatoms. The van der Waals surface area contributed by atoms with Crippen molar-refractivity contribution in [1.82, 2.24) is 4.90 Å². The van der Waals surface area contributed by atoms with Crippen LogP contribution >= 0.6 is 24.0 Å². The number of benzene rings is 1. The van der Waals surface area contributed by atoms with Gasteiger partial charge in [0.05, 0.1) is 18.7 Å². The van der Waals surface area contributed by atoms with Crippen molar-refractivity contribution in [3.05, 3.63) is 22.7 Å². The highest BCUT2D eigenvalue weighted by Crippen LogP contribution is 2.37. The van der Waals surface area contributed by atoms with Crippen LogP contribution in [0.5, 0.6) is 11.5 Å². The molecule has 0 aliphatic carbocycles.